The summed E-state index contributed by atoms with van der Waals surface area (Å²) in [5, 5.41) is 10.5. The highest BCUT2D eigenvalue weighted by Crippen LogP contribution is 2.41. The van der Waals surface area contributed by atoms with Gasteiger partial charge < -0.3 is 10.8 Å². The van der Waals surface area contributed by atoms with Crippen LogP contribution in [0.1, 0.15) is 64.3 Å². The molecule has 1 aromatic rings. The predicted molar refractivity (Wildman–Crippen MR) is 85.7 cm³/mol. The van der Waals surface area contributed by atoms with E-state index in [9.17, 15) is 13.9 Å². The quantitative estimate of drug-likeness (QED) is 0.831. The highest BCUT2D eigenvalue weighted by molar-refractivity contribution is 5.85. The van der Waals surface area contributed by atoms with Gasteiger partial charge in [0.25, 0.3) is 6.43 Å². The van der Waals surface area contributed by atoms with Crippen molar-refractivity contribution in [1.29, 1.82) is 0 Å². The number of phenolic OH excluding ortho intramolecular Hbond substituents is 1. The van der Waals surface area contributed by atoms with Crippen molar-refractivity contribution in [3.8, 4) is 5.75 Å². The summed E-state index contributed by atoms with van der Waals surface area (Å²) in [4.78, 5) is 0. The van der Waals surface area contributed by atoms with Gasteiger partial charge in [0.1, 0.15) is 5.75 Å². The van der Waals surface area contributed by atoms with Gasteiger partial charge in [0.2, 0.25) is 0 Å². The zero-order chi connectivity index (χ0) is 15.9. The highest BCUT2D eigenvalue weighted by Gasteiger charge is 2.29. The number of alkyl halides is 2. The molecule has 0 bridgehead atoms. The fourth-order valence-corrected chi connectivity index (χ4v) is 2.14. The number of benzene rings is 1. The lowest BCUT2D eigenvalue weighted by atomic mass is 9.78. The molecule has 0 saturated carbocycles. The Morgan fingerprint density at radius 1 is 0.952 bits per heavy atom. The summed E-state index contributed by atoms with van der Waals surface area (Å²) in [7, 11) is 0. The molecule has 122 valence electrons. The van der Waals surface area contributed by atoms with Crippen LogP contribution in [0.4, 0.5) is 8.78 Å². The molecule has 0 spiro atoms. The van der Waals surface area contributed by atoms with Gasteiger partial charge in [0.05, 0.1) is 6.04 Å². The van der Waals surface area contributed by atoms with Crippen molar-refractivity contribution in [3.05, 3.63) is 28.8 Å². The van der Waals surface area contributed by atoms with Gasteiger partial charge in [-0.25, -0.2) is 8.78 Å². The second-order valence-corrected chi connectivity index (χ2v) is 7.32. The molecule has 0 aliphatic rings. The predicted octanol–water partition coefficient (Wildman–Crippen LogP) is 4.67. The van der Waals surface area contributed by atoms with Crippen molar-refractivity contribution in [2.45, 2.75) is 64.8 Å². The van der Waals surface area contributed by atoms with Crippen LogP contribution in [0.15, 0.2) is 12.1 Å². The van der Waals surface area contributed by atoms with Crippen LogP contribution in [0.2, 0.25) is 0 Å². The van der Waals surface area contributed by atoms with E-state index in [0.717, 1.165) is 0 Å². The van der Waals surface area contributed by atoms with Crippen LogP contribution >= 0.6 is 12.4 Å². The lowest BCUT2D eigenvalue weighted by Gasteiger charge is -2.29. The second kappa shape index (κ2) is 6.49. The molecule has 0 aliphatic carbocycles. The normalized spacial score (nSPS) is 14.0. The van der Waals surface area contributed by atoms with E-state index in [1.54, 1.807) is 12.1 Å². The lowest BCUT2D eigenvalue weighted by Crippen LogP contribution is -2.23. The zero-order valence-corrected chi connectivity index (χ0v) is 14.3. The molecule has 0 saturated heterocycles. The van der Waals surface area contributed by atoms with Crippen molar-refractivity contribution in [1.82, 2.24) is 0 Å². The summed E-state index contributed by atoms with van der Waals surface area (Å²) in [5.74, 6) is 0.176. The maximum absolute atomic E-state index is 12.9. The largest absolute Gasteiger partial charge is 0.507 e. The van der Waals surface area contributed by atoms with E-state index in [0.29, 0.717) is 16.7 Å². The van der Waals surface area contributed by atoms with Crippen LogP contribution < -0.4 is 5.73 Å². The third-order valence-corrected chi connectivity index (χ3v) is 3.40. The summed E-state index contributed by atoms with van der Waals surface area (Å²) in [5.41, 5.74) is 6.56. The van der Waals surface area contributed by atoms with Gasteiger partial charge in [-0.05, 0) is 39.7 Å². The summed E-state index contributed by atoms with van der Waals surface area (Å²) in [6.07, 6.45) is -2.62. The molecule has 0 heterocycles. The van der Waals surface area contributed by atoms with Crippen LogP contribution in [-0.2, 0) is 10.8 Å². The molecular weight excluding hydrogens is 296 g/mol. The number of hydrogen-bond donors (Lipinski definition) is 2. The van der Waals surface area contributed by atoms with Gasteiger partial charge in [-0.2, -0.15) is 0 Å². The van der Waals surface area contributed by atoms with E-state index in [1.807, 2.05) is 41.5 Å². The monoisotopic (exact) mass is 321 g/mol. The number of rotatable bonds is 2. The van der Waals surface area contributed by atoms with Crippen LogP contribution in [0.25, 0.3) is 0 Å². The number of phenols is 1. The molecule has 0 aliphatic heterocycles. The number of halogens is 3. The van der Waals surface area contributed by atoms with E-state index < -0.39 is 12.5 Å². The number of hydrogen-bond acceptors (Lipinski definition) is 2. The van der Waals surface area contributed by atoms with E-state index in [-0.39, 0.29) is 29.0 Å². The fourth-order valence-electron chi connectivity index (χ4n) is 2.14. The Morgan fingerprint density at radius 2 is 1.29 bits per heavy atom. The van der Waals surface area contributed by atoms with Gasteiger partial charge in [0, 0.05) is 0 Å². The smallest absolute Gasteiger partial charge is 0.257 e. The minimum atomic E-state index is -2.62. The average molecular weight is 322 g/mol. The summed E-state index contributed by atoms with van der Waals surface area (Å²) in [6, 6.07) is 1.86. The molecule has 0 unspecified atom stereocenters. The zero-order valence-electron chi connectivity index (χ0n) is 13.5. The SMILES string of the molecule is CC(C)(C)c1cc([C@H](N)C(F)F)cc(C(C)(C)C)c1O.Cl. The maximum Gasteiger partial charge on any atom is 0.257 e. The Kier molecular flexibility index (Phi) is 6.22. The number of nitrogens with two attached hydrogens (primary N) is 1. The molecule has 0 fully saturated rings. The van der Waals surface area contributed by atoms with E-state index in [4.69, 9.17) is 5.73 Å². The van der Waals surface area contributed by atoms with E-state index in [1.165, 1.54) is 0 Å². The fraction of sp³-hybridized carbons (Fsp3) is 0.625. The molecule has 0 amide bonds. The Hall–Kier alpha value is -0.870. The van der Waals surface area contributed by atoms with E-state index >= 15 is 0 Å². The van der Waals surface area contributed by atoms with Gasteiger partial charge in [-0.1, -0.05) is 41.5 Å². The molecule has 1 atom stereocenters. The van der Waals surface area contributed by atoms with Crippen LogP contribution in [0, 0.1) is 0 Å². The minimum Gasteiger partial charge on any atom is -0.507 e. The molecule has 3 N–H and O–H groups in total. The summed E-state index contributed by atoms with van der Waals surface area (Å²) < 4.78 is 25.8. The standard InChI is InChI=1S/C16H25F2NO.ClH/c1-15(2,3)10-7-9(12(19)14(17)18)8-11(13(10)20)16(4,5)6;/h7-8,12,14,20H,19H2,1-6H3;1H/t12-;/m0./s1. The first kappa shape index (κ1) is 20.1. The topological polar surface area (TPSA) is 46.2 Å². The van der Waals surface area contributed by atoms with Crippen LogP contribution in [0.5, 0.6) is 5.75 Å². The first-order chi connectivity index (χ1) is 8.85. The molecule has 0 radical (unpaired) electrons. The first-order valence-corrected chi connectivity index (χ1v) is 6.77. The van der Waals surface area contributed by atoms with Crippen molar-refractivity contribution in [3.63, 3.8) is 0 Å². The van der Waals surface area contributed by atoms with Gasteiger partial charge >= 0.3 is 0 Å². The van der Waals surface area contributed by atoms with E-state index in [2.05, 4.69) is 0 Å². The van der Waals surface area contributed by atoms with Gasteiger partial charge in [-0.3, -0.25) is 0 Å². The van der Waals surface area contributed by atoms with Gasteiger partial charge in [-0.15, -0.1) is 12.4 Å². The third kappa shape index (κ3) is 4.55. The maximum atomic E-state index is 12.9. The molecule has 2 nitrogen and oxygen atoms in total. The second-order valence-electron chi connectivity index (χ2n) is 7.32. The van der Waals surface area contributed by atoms with Crippen molar-refractivity contribution in [2.75, 3.05) is 0 Å². The molecule has 5 heteroatoms. The summed E-state index contributed by atoms with van der Waals surface area (Å²) in [6.45, 7) is 11.6. The molecule has 0 aromatic heterocycles. The molecule has 21 heavy (non-hydrogen) atoms. The van der Waals surface area contributed by atoms with Crippen molar-refractivity contribution in [2.24, 2.45) is 5.73 Å². The Labute approximate surface area is 132 Å². The lowest BCUT2D eigenvalue weighted by molar-refractivity contribution is 0.116. The number of aromatic hydroxyl groups is 1. The highest BCUT2D eigenvalue weighted by atomic mass is 35.5. The Bertz CT molecular complexity index is 455. The minimum absolute atomic E-state index is 0. The molecular formula is C16H26ClF2NO. The molecule has 1 aromatic carbocycles. The first-order valence-electron chi connectivity index (χ1n) is 6.77. The van der Waals surface area contributed by atoms with Crippen molar-refractivity contribution < 1.29 is 13.9 Å². The molecule has 1 rings (SSSR count). The Balaban J connectivity index is 0.00000400. The Morgan fingerprint density at radius 3 is 1.52 bits per heavy atom. The average Bonchev–Trinajstić information content (AvgIpc) is 2.24. The summed E-state index contributed by atoms with van der Waals surface area (Å²) >= 11 is 0. The van der Waals surface area contributed by atoms with Crippen LogP contribution in [-0.4, -0.2) is 11.5 Å². The van der Waals surface area contributed by atoms with Crippen LogP contribution in [0.3, 0.4) is 0 Å². The van der Waals surface area contributed by atoms with Crippen molar-refractivity contribution >= 4 is 12.4 Å². The van der Waals surface area contributed by atoms with Gasteiger partial charge in [0.15, 0.2) is 0 Å². The third-order valence-electron chi connectivity index (χ3n) is 3.40.